The minimum absolute atomic E-state index is 0.0226. The van der Waals surface area contributed by atoms with Gasteiger partial charge in [0.2, 0.25) is 0 Å². The monoisotopic (exact) mass is 284 g/mol. The van der Waals surface area contributed by atoms with Crippen LogP contribution in [0.1, 0.15) is 24.0 Å². The number of halogens is 3. The van der Waals surface area contributed by atoms with Crippen molar-refractivity contribution in [2.24, 2.45) is 0 Å². The van der Waals surface area contributed by atoms with Crippen LogP contribution in [0.3, 0.4) is 0 Å². The lowest BCUT2D eigenvalue weighted by Crippen LogP contribution is -2.31. The molecule has 0 saturated heterocycles. The molecule has 0 atom stereocenters. The normalized spacial score (nSPS) is 14.7. The van der Waals surface area contributed by atoms with E-state index in [1.807, 2.05) is 0 Å². The van der Waals surface area contributed by atoms with Crippen molar-refractivity contribution in [3.63, 3.8) is 0 Å². The molecule has 1 saturated carbocycles. The molecule has 4 nitrogen and oxygen atoms in total. The van der Waals surface area contributed by atoms with Crippen LogP contribution in [0.25, 0.3) is 0 Å². The highest BCUT2D eigenvalue weighted by molar-refractivity contribution is 5.74. The number of hydrogen-bond donors (Lipinski definition) is 1. The average Bonchev–Trinajstić information content (AvgIpc) is 3.18. The van der Waals surface area contributed by atoms with E-state index in [4.69, 9.17) is 10.4 Å². The number of anilines is 1. The number of nitriles is 1. The van der Waals surface area contributed by atoms with Crippen molar-refractivity contribution >= 4 is 11.7 Å². The fourth-order valence-corrected chi connectivity index (χ4v) is 2.01. The number of aliphatic carboxylic acids is 1. The molecule has 0 aliphatic heterocycles. The number of alkyl halides is 3. The van der Waals surface area contributed by atoms with Gasteiger partial charge in [-0.3, -0.25) is 4.79 Å². The Morgan fingerprint density at radius 1 is 1.45 bits per heavy atom. The second kappa shape index (κ2) is 5.04. The topological polar surface area (TPSA) is 64.3 Å². The molecule has 0 aromatic heterocycles. The summed E-state index contributed by atoms with van der Waals surface area (Å²) in [6.07, 6.45) is -2.99. The highest BCUT2D eigenvalue weighted by atomic mass is 19.4. The maximum atomic E-state index is 12.7. The zero-order valence-corrected chi connectivity index (χ0v) is 10.3. The highest BCUT2D eigenvalue weighted by Crippen LogP contribution is 2.36. The summed E-state index contributed by atoms with van der Waals surface area (Å²) >= 11 is 0. The summed E-state index contributed by atoms with van der Waals surface area (Å²) < 4.78 is 38.1. The number of carboxylic acids is 1. The van der Waals surface area contributed by atoms with Crippen molar-refractivity contribution in [2.75, 3.05) is 11.4 Å². The van der Waals surface area contributed by atoms with Gasteiger partial charge >= 0.3 is 12.1 Å². The lowest BCUT2D eigenvalue weighted by molar-refractivity contribution is -0.138. The SMILES string of the molecule is N#Cc1cc(N(CC(=O)O)C2CC2)ccc1C(F)(F)F. The zero-order valence-electron chi connectivity index (χ0n) is 10.3. The number of carbonyl (C=O) groups is 1. The molecule has 1 aliphatic rings. The molecule has 0 unspecified atom stereocenters. The smallest absolute Gasteiger partial charge is 0.417 e. The highest BCUT2D eigenvalue weighted by Gasteiger charge is 2.35. The maximum Gasteiger partial charge on any atom is 0.417 e. The Balaban J connectivity index is 2.38. The van der Waals surface area contributed by atoms with Gasteiger partial charge in [0.25, 0.3) is 0 Å². The van der Waals surface area contributed by atoms with E-state index in [1.165, 1.54) is 17.0 Å². The van der Waals surface area contributed by atoms with Crippen molar-refractivity contribution in [1.29, 1.82) is 5.26 Å². The van der Waals surface area contributed by atoms with E-state index >= 15 is 0 Å². The van der Waals surface area contributed by atoms with E-state index in [2.05, 4.69) is 0 Å². The Morgan fingerprint density at radius 3 is 2.55 bits per heavy atom. The van der Waals surface area contributed by atoms with Crippen LogP contribution in [0.5, 0.6) is 0 Å². The molecule has 20 heavy (non-hydrogen) atoms. The van der Waals surface area contributed by atoms with E-state index in [0.29, 0.717) is 5.69 Å². The van der Waals surface area contributed by atoms with Gasteiger partial charge in [0.15, 0.2) is 0 Å². The molecule has 7 heteroatoms. The summed E-state index contributed by atoms with van der Waals surface area (Å²) in [7, 11) is 0. The van der Waals surface area contributed by atoms with Crippen LogP contribution in [0.2, 0.25) is 0 Å². The first-order valence-corrected chi connectivity index (χ1v) is 5.92. The summed E-state index contributed by atoms with van der Waals surface area (Å²) in [5.41, 5.74) is -1.17. The first kappa shape index (κ1) is 14.2. The second-order valence-corrected chi connectivity index (χ2v) is 4.59. The summed E-state index contributed by atoms with van der Waals surface area (Å²) in [6.45, 7) is -0.291. The third-order valence-electron chi connectivity index (χ3n) is 3.05. The van der Waals surface area contributed by atoms with Crippen LogP contribution in [-0.4, -0.2) is 23.7 Å². The minimum Gasteiger partial charge on any atom is -0.480 e. The summed E-state index contributed by atoms with van der Waals surface area (Å²) in [6, 6.07) is 4.68. The third kappa shape index (κ3) is 3.02. The van der Waals surface area contributed by atoms with Gasteiger partial charge in [-0.1, -0.05) is 0 Å². The summed E-state index contributed by atoms with van der Waals surface area (Å²) in [5, 5.41) is 17.7. The molecular weight excluding hydrogens is 273 g/mol. The van der Waals surface area contributed by atoms with Crippen LogP contribution in [0.15, 0.2) is 18.2 Å². The van der Waals surface area contributed by atoms with Crippen LogP contribution in [-0.2, 0) is 11.0 Å². The fourth-order valence-electron chi connectivity index (χ4n) is 2.01. The summed E-state index contributed by atoms with van der Waals surface area (Å²) in [4.78, 5) is 12.3. The van der Waals surface area contributed by atoms with Gasteiger partial charge in [0.05, 0.1) is 17.2 Å². The minimum atomic E-state index is -4.60. The van der Waals surface area contributed by atoms with Gasteiger partial charge in [-0.05, 0) is 31.0 Å². The van der Waals surface area contributed by atoms with Crippen molar-refractivity contribution in [3.05, 3.63) is 29.3 Å². The first-order valence-electron chi connectivity index (χ1n) is 5.92. The van der Waals surface area contributed by atoms with Gasteiger partial charge in [0.1, 0.15) is 6.54 Å². The maximum absolute atomic E-state index is 12.7. The van der Waals surface area contributed by atoms with E-state index in [1.54, 1.807) is 0 Å². The molecular formula is C13H11F3N2O2. The molecule has 1 aromatic rings. The molecule has 0 heterocycles. The molecule has 2 rings (SSSR count). The number of carboxylic acid groups (broad SMARTS) is 1. The standard InChI is InChI=1S/C13H11F3N2O2/c14-13(15,16)11-4-3-10(5-8(11)6-17)18(7-12(19)20)9-1-2-9/h3-5,9H,1-2,7H2,(H,19,20). The molecule has 1 aliphatic carbocycles. The number of nitrogens with zero attached hydrogens (tertiary/aromatic N) is 2. The predicted molar refractivity (Wildman–Crippen MR) is 64.2 cm³/mol. The molecule has 0 spiro atoms. The summed E-state index contributed by atoms with van der Waals surface area (Å²) in [5.74, 6) is -1.06. The van der Waals surface area contributed by atoms with Crippen molar-refractivity contribution in [2.45, 2.75) is 25.1 Å². The Labute approximate surface area is 113 Å². The van der Waals surface area contributed by atoms with E-state index in [9.17, 15) is 18.0 Å². The molecule has 0 radical (unpaired) electrons. The predicted octanol–water partition coefficient (Wildman–Crippen LogP) is 2.63. The number of hydrogen-bond acceptors (Lipinski definition) is 3. The molecule has 0 amide bonds. The second-order valence-electron chi connectivity index (χ2n) is 4.59. The quantitative estimate of drug-likeness (QED) is 0.923. The molecule has 1 N–H and O–H groups in total. The van der Waals surface area contributed by atoms with E-state index in [0.717, 1.165) is 25.0 Å². The molecule has 1 aromatic carbocycles. The van der Waals surface area contributed by atoms with Crippen LogP contribution in [0, 0.1) is 11.3 Å². The van der Waals surface area contributed by atoms with Gasteiger partial charge in [-0.25, -0.2) is 0 Å². The Bertz CT molecular complexity index is 574. The van der Waals surface area contributed by atoms with Crippen molar-refractivity contribution < 1.29 is 23.1 Å². The van der Waals surface area contributed by atoms with Crippen LogP contribution >= 0.6 is 0 Å². The van der Waals surface area contributed by atoms with Crippen molar-refractivity contribution in [3.8, 4) is 6.07 Å². The zero-order chi connectivity index (χ0) is 14.9. The lowest BCUT2D eigenvalue weighted by atomic mass is 10.1. The Morgan fingerprint density at radius 2 is 2.10 bits per heavy atom. The van der Waals surface area contributed by atoms with Gasteiger partial charge in [0, 0.05) is 11.7 Å². The molecule has 0 bridgehead atoms. The Hall–Kier alpha value is -2.23. The average molecular weight is 284 g/mol. The fraction of sp³-hybridized carbons (Fsp3) is 0.385. The van der Waals surface area contributed by atoms with Gasteiger partial charge in [-0.15, -0.1) is 0 Å². The third-order valence-corrected chi connectivity index (χ3v) is 3.05. The van der Waals surface area contributed by atoms with E-state index in [-0.39, 0.29) is 12.6 Å². The lowest BCUT2D eigenvalue weighted by Gasteiger charge is -2.23. The van der Waals surface area contributed by atoms with E-state index < -0.39 is 23.3 Å². The van der Waals surface area contributed by atoms with Gasteiger partial charge in [-0.2, -0.15) is 18.4 Å². The van der Waals surface area contributed by atoms with Gasteiger partial charge < -0.3 is 10.0 Å². The first-order chi connectivity index (χ1) is 9.32. The Kier molecular flexibility index (Phi) is 3.57. The number of benzene rings is 1. The van der Waals surface area contributed by atoms with Crippen molar-refractivity contribution in [1.82, 2.24) is 0 Å². The van der Waals surface area contributed by atoms with Crippen LogP contribution in [0.4, 0.5) is 18.9 Å². The number of rotatable bonds is 4. The van der Waals surface area contributed by atoms with Crippen LogP contribution < -0.4 is 4.90 Å². The molecule has 106 valence electrons. The molecule has 1 fully saturated rings. The largest absolute Gasteiger partial charge is 0.480 e.